The van der Waals surface area contributed by atoms with Gasteiger partial charge in [0.1, 0.15) is 6.33 Å². The molecule has 1 N–H and O–H groups in total. The van der Waals surface area contributed by atoms with E-state index in [1.54, 1.807) is 6.20 Å². The van der Waals surface area contributed by atoms with Crippen LogP contribution in [0.25, 0.3) is 0 Å². The number of nitrogens with zero attached hydrogens (tertiary/aromatic N) is 4. The van der Waals surface area contributed by atoms with Crippen molar-refractivity contribution in [1.29, 1.82) is 0 Å². The summed E-state index contributed by atoms with van der Waals surface area (Å²) < 4.78 is 1.51. The first-order chi connectivity index (χ1) is 8.16. The van der Waals surface area contributed by atoms with Crippen molar-refractivity contribution in [2.75, 3.05) is 0 Å². The van der Waals surface area contributed by atoms with Crippen molar-refractivity contribution in [3.8, 4) is 0 Å². The number of hydrogen-bond acceptors (Lipinski definition) is 4. The summed E-state index contributed by atoms with van der Waals surface area (Å²) in [5.74, 6) is -1.29. The molecule has 0 aromatic carbocycles. The Bertz CT molecular complexity index is 536. The van der Waals surface area contributed by atoms with Gasteiger partial charge in [0.2, 0.25) is 0 Å². The van der Waals surface area contributed by atoms with Crippen molar-refractivity contribution < 1.29 is 9.90 Å². The molecule has 0 fully saturated rings. The average molecular weight is 232 g/mol. The fourth-order valence-corrected chi connectivity index (χ4v) is 1.50. The Morgan fingerprint density at radius 1 is 1.47 bits per heavy atom. The molecule has 2 heterocycles. The average Bonchev–Trinajstić information content (AvgIpc) is 2.77. The molecule has 2 aromatic heterocycles. The first kappa shape index (κ1) is 11.3. The number of pyridine rings is 1. The van der Waals surface area contributed by atoms with Gasteiger partial charge in [-0.3, -0.25) is 9.67 Å². The van der Waals surface area contributed by atoms with Crippen LogP contribution < -0.4 is 0 Å². The molecule has 2 aromatic rings. The third kappa shape index (κ3) is 2.66. The van der Waals surface area contributed by atoms with Gasteiger partial charge in [0.25, 0.3) is 5.82 Å². The van der Waals surface area contributed by atoms with Crippen molar-refractivity contribution in [1.82, 2.24) is 19.7 Å². The van der Waals surface area contributed by atoms with Gasteiger partial charge in [0, 0.05) is 24.9 Å². The lowest BCUT2D eigenvalue weighted by atomic mass is 10.2. The van der Waals surface area contributed by atoms with Crippen LogP contribution in [0, 0.1) is 6.92 Å². The Labute approximate surface area is 98.0 Å². The molecule has 0 bridgehead atoms. The van der Waals surface area contributed by atoms with Crippen molar-refractivity contribution in [2.24, 2.45) is 0 Å². The van der Waals surface area contributed by atoms with Crippen LogP contribution in [-0.4, -0.2) is 30.8 Å². The predicted molar refractivity (Wildman–Crippen MR) is 59.7 cm³/mol. The molecule has 0 aliphatic rings. The Kier molecular flexibility index (Phi) is 3.13. The number of aryl methyl sites for hydroxylation is 3. The van der Waals surface area contributed by atoms with Gasteiger partial charge < -0.3 is 5.11 Å². The van der Waals surface area contributed by atoms with E-state index < -0.39 is 5.97 Å². The lowest BCUT2D eigenvalue weighted by molar-refractivity contribution is 0.0683. The minimum absolute atomic E-state index is 0.178. The Hall–Kier alpha value is -2.24. The third-order valence-corrected chi connectivity index (χ3v) is 2.42. The highest BCUT2D eigenvalue weighted by Gasteiger charge is 2.08. The van der Waals surface area contributed by atoms with Gasteiger partial charge in [-0.15, -0.1) is 5.10 Å². The van der Waals surface area contributed by atoms with Gasteiger partial charge in [-0.25, -0.2) is 9.78 Å². The van der Waals surface area contributed by atoms with E-state index in [1.165, 1.54) is 11.0 Å². The maximum absolute atomic E-state index is 10.6. The molecule has 0 atom stereocenters. The summed E-state index contributed by atoms with van der Waals surface area (Å²) in [5, 5.41) is 12.5. The Morgan fingerprint density at radius 2 is 2.29 bits per heavy atom. The second-order valence-electron chi connectivity index (χ2n) is 3.65. The van der Waals surface area contributed by atoms with E-state index in [0.29, 0.717) is 13.0 Å². The highest BCUT2D eigenvalue weighted by Crippen LogP contribution is 2.04. The van der Waals surface area contributed by atoms with Crippen LogP contribution in [-0.2, 0) is 13.0 Å². The molecule has 6 nitrogen and oxygen atoms in total. The summed E-state index contributed by atoms with van der Waals surface area (Å²) in [4.78, 5) is 18.5. The molecule has 0 aliphatic heterocycles. The first-order valence-corrected chi connectivity index (χ1v) is 5.20. The lowest BCUT2D eigenvalue weighted by Gasteiger charge is -2.03. The van der Waals surface area contributed by atoms with E-state index in [2.05, 4.69) is 15.1 Å². The molecular weight excluding hydrogens is 220 g/mol. The molecule has 6 heteroatoms. The van der Waals surface area contributed by atoms with Gasteiger partial charge in [0.15, 0.2) is 0 Å². The Balaban J connectivity index is 2.02. The van der Waals surface area contributed by atoms with Gasteiger partial charge >= 0.3 is 5.97 Å². The topological polar surface area (TPSA) is 80.9 Å². The van der Waals surface area contributed by atoms with E-state index in [0.717, 1.165) is 11.3 Å². The SMILES string of the molecule is Cc1cccnc1CCn1cnc(C(=O)O)n1. The zero-order valence-electron chi connectivity index (χ0n) is 9.37. The zero-order chi connectivity index (χ0) is 12.3. The molecule has 0 radical (unpaired) electrons. The quantitative estimate of drug-likeness (QED) is 0.847. The van der Waals surface area contributed by atoms with Crippen molar-refractivity contribution >= 4 is 5.97 Å². The standard InChI is InChI=1S/C11H12N4O2/c1-8-3-2-5-12-9(8)4-6-15-7-13-10(14-15)11(16)17/h2-3,5,7H,4,6H2,1H3,(H,16,17). The van der Waals surface area contributed by atoms with Crippen LogP contribution >= 0.6 is 0 Å². The summed E-state index contributed by atoms with van der Waals surface area (Å²) in [6.07, 6.45) is 3.86. The van der Waals surface area contributed by atoms with Crippen LogP contribution in [0.15, 0.2) is 24.7 Å². The largest absolute Gasteiger partial charge is 0.475 e. The number of rotatable bonds is 4. The van der Waals surface area contributed by atoms with E-state index in [4.69, 9.17) is 5.11 Å². The third-order valence-electron chi connectivity index (χ3n) is 2.42. The highest BCUT2D eigenvalue weighted by molar-refractivity contribution is 5.82. The molecule has 88 valence electrons. The summed E-state index contributed by atoms with van der Waals surface area (Å²) in [7, 11) is 0. The zero-order valence-corrected chi connectivity index (χ0v) is 9.37. The molecule has 0 unspecified atom stereocenters. The maximum Gasteiger partial charge on any atom is 0.375 e. The lowest BCUT2D eigenvalue weighted by Crippen LogP contribution is -2.06. The van der Waals surface area contributed by atoms with Gasteiger partial charge in [0.05, 0.1) is 0 Å². The molecule has 0 aliphatic carbocycles. The molecular formula is C11H12N4O2. The predicted octanol–water partition coefficient (Wildman–Crippen LogP) is 0.922. The van der Waals surface area contributed by atoms with Gasteiger partial charge in [-0.1, -0.05) is 6.07 Å². The molecule has 0 amide bonds. The van der Waals surface area contributed by atoms with Gasteiger partial charge in [-0.05, 0) is 18.6 Å². The number of carbonyl (C=O) groups is 1. The van der Waals surface area contributed by atoms with Crippen LogP contribution in [0.4, 0.5) is 0 Å². The van der Waals surface area contributed by atoms with Crippen molar-refractivity contribution in [2.45, 2.75) is 19.9 Å². The summed E-state index contributed by atoms with van der Waals surface area (Å²) in [6, 6.07) is 3.88. The number of carboxylic acids is 1. The van der Waals surface area contributed by atoms with E-state index in [1.807, 2.05) is 19.1 Å². The molecule has 0 saturated heterocycles. The van der Waals surface area contributed by atoms with Crippen LogP contribution in [0.3, 0.4) is 0 Å². The van der Waals surface area contributed by atoms with Crippen molar-refractivity contribution in [3.63, 3.8) is 0 Å². The van der Waals surface area contributed by atoms with Crippen molar-refractivity contribution in [3.05, 3.63) is 41.7 Å². The first-order valence-electron chi connectivity index (χ1n) is 5.20. The van der Waals surface area contributed by atoms with Crippen LogP contribution in [0.1, 0.15) is 21.9 Å². The summed E-state index contributed by atoms with van der Waals surface area (Å²) in [6.45, 7) is 2.56. The number of carboxylic acid groups (broad SMARTS) is 1. The second kappa shape index (κ2) is 4.73. The maximum atomic E-state index is 10.6. The molecule has 0 saturated carbocycles. The number of aromatic nitrogens is 4. The second-order valence-corrected chi connectivity index (χ2v) is 3.65. The minimum atomic E-state index is -1.11. The number of hydrogen-bond donors (Lipinski definition) is 1. The van der Waals surface area contributed by atoms with E-state index in [-0.39, 0.29) is 5.82 Å². The van der Waals surface area contributed by atoms with Gasteiger partial charge in [-0.2, -0.15) is 0 Å². The fraction of sp³-hybridized carbons (Fsp3) is 0.273. The molecule has 0 spiro atoms. The van der Waals surface area contributed by atoms with Crippen LogP contribution in [0.5, 0.6) is 0 Å². The highest BCUT2D eigenvalue weighted by atomic mass is 16.4. The van der Waals surface area contributed by atoms with Crippen LogP contribution in [0.2, 0.25) is 0 Å². The fourth-order valence-electron chi connectivity index (χ4n) is 1.50. The normalized spacial score (nSPS) is 10.4. The van der Waals surface area contributed by atoms with E-state index in [9.17, 15) is 4.79 Å². The summed E-state index contributed by atoms with van der Waals surface area (Å²) >= 11 is 0. The molecule has 17 heavy (non-hydrogen) atoms. The Morgan fingerprint density at radius 3 is 2.94 bits per heavy atom. The smallest absolute Gasteiger partial charge is 0.375 e. The number of aromatic carboxylic acids is 1. The monoisotopic (exact) mass is 232 g/mol. The van der Waals surface area contributed by atoms with E-state index >= 15 is 0 Å². The molecule has 2 rings (SSSR count). The summed E-state index contributed by atoms with van der Waals surface area (Å²) in [5.41, 5.74) is 2.10. The minimum Gasteiger partial charge on any atom is -0.475 e.